The van der Waals surface area contributed by atoms with Crippen molar-refractivity contribution in [2.45, 2.75) is 33.3 Å². The highest BCUT2D eigenvalue weighted by Crippen LogP contribution is 2.13. The van der Waals surface area contributed by atoms with Crippen LogP contribution in [0.2, 0.25) is 0 Å². The molecule has 0 aliphatic rings. The monoisotopic (exact) mass is 386 g/mol. The molecule has 6 heteroatoms. The first kappa shape index (κ1) is 20.9. The summed E-state index contributed by atoms with van der Waals surface area (Å²) in [6, 6.07) is 11.1. The fourth-order valence-corrected chi connectivity index (χ4v) is 3.00. The van der Waals surface area contributed by atoms with Crippen LogP contribution in [-0.2, 0) is 9.53 Å². The largest absolute Gasteiger partial charge is 0.379 e. The molecule has 1 aromatic carbocycles. The lowest BCUT2D eigenvalue weighted by Crippen LogP contribution is -2.35. The predicted octanol–water partition coefficient (Wildman–Crippen LogP) is 3.76. The molecular formula is C21H26N2O3S. The van der Waals surface area contributed by atoms with E-state index < -0.39 is 0 Å². The molecule has 0 bridgehead atoms. The van der Waals surface area contributed by atoms with Crippen LogP contribution in [0.4, 0.5) is 0 Å². The third-order valence-corrected chi connectivity index (χ3v) is 4.48. The van der Waals surface area contributed by atoms with Crippen molar-refractivity contribution in [2.24, 2.45) is 0 Å². The van der Waals surface area contributed by atoms with Crippen molar-refractivity contribution in [3.8, 4) is 0 Å². The van der Waals surface area contributed by atoms with Crippen LogP contribution in [0.15, 0.2) is 47.5 Å². The van der Waals surface area contributed by atoms with E-state index in [4.69, 9.17) is 4.74 Å². The van der Waals surface area contributed by atoms with Crippen molar-refractivity contribution in [3.63, 3.8) is 0 Å². The molecule has 0 spiro atoms. The SMILES string of the molecule is Cc1cccc(C(=O)N/C(=C\c2cccs2)C(=O)NCCCOC(C)C)c1. The third kappa shape index (κ3) is 7.37. The summed E-state index contributed by atoms with van der Waals surface area (Å²) in [6.07, 6.45) is 2.57. The van der Waals surface area contributed by atoms with E-state index in [9.17, 15) is 9.59 Å². The molecular weight excluding hydrogens is 360 g/mol. The van der Waals surface area contributed by atoms with Crippen LogP contribution in [0.3, 0.4) is 0 Å². The maximum Gasteiger partial charge on any atom is 0.267 e. The van der Waals surface area contributed by atoms with Gasteiger partial charge >= 0.3 is 0 Å². The summed E-state index contributed by atoms with van der Waals surface area (Å²) in [6.45, 7) is 6.93. The summed E-state index contributed by atoms with van der Waals surface area (Å²) in [5.41, 5.74) is 1.74. The predicted molar refractivity (Wildman–Crippen MR) is 110 cm³/mol. The molecule has 0 radical (unpaired) electrons. The Hall–Kier alpha value is -2.44. The van der Waals surface area contributed by atoms with Gasteiger partial charge in [-0.25, -0.2) is 0 Å². The molecule has 0 aliphatic heterocycles. The van der Waals surface area contributed by atoms with E-state index in [2.05, 4.69) is 10.6 Å². The minimum atomic E-state index is -0.311. The van der Waals surface area contributed by atoms with Gasteiger partial charge in [-0.1, -0.05) is 23.8 Å². The molecule has 144 valence electrons. The number of carbonyl (C=O) groups excluding carboxylic acids is 2. The Bertz CT molecular complexity index is 782. The van der Waals surface area contributed by atoms with Gasteiger partial charge in [-0.05, 0) is 56.8 Å². The first-order chi connectivity index (χ1) is 13.0. The van der Waals surface area contributed by atoms with Gasteiger partial charge in [0.1, 0.15) is 5.70 Å². The number of rotatable bonds is 9. The fourth-order valence-electron chi connectivity index (χ4n) is 2.34. The third-order valence-electron chi connectivity index (χ3n) is 3.66. The first-order valence-electron chi connectivity index (χ1n) is 8.98. The quantitative estimate of drug-likeness (QED) is 0.509. The average molecular weight is 387 g/mol. The van der Waals surface area contributed by atoms with Gasteiger partial charge in [0, 0.05) is 23.6 Å². The highest BCUT2D eigenvalue weighted by Gasteiger charge is 2.14. The standard InChI is InChI=1S/C21H26N2O3S/c1-15(2)26-11-6-10-22-21(25)19(14-18-9-5-12-27-18)23-20(24)17-8-4-7-16(3)13-17/h4-5,7-9,12-15H,6,10-11H2,1-3H3,(H,22,25)(H,23,24)/b19-14-. The average Bonchev–Trinajstić information content (AvgIpc) is 3.13. The molecule has 2 amide bonds. The number of ether oxygens (including phenoxy) is 1. The van der Waals surface area contributed by atoms with Crippen molar-refractivity contribution in [1.29, 1.82) is 0 Å². The van der Waals surface area contributed by atoms with Gasteiger partial charge in [0.25, 0.3) is 11.8 Å². The summed E-state index contributed by atoms with van der Waals surface area (Å²) in [7, 11) is 0. The normalized spacial score (nSPS) is 11.5. The van der Waals surface area contributed by atoms with Crippen molar-refractivity contribution in [2.75, 3.05) is 13.2 Å². The zero-order valence-electron chi connectivity index (χ0n) is 16.0. The minimum Gasteiger partial charge on any atom is -0.379 e. The molecule has 27 heavy (non-hydrogen) atoms. The molecule has 1 aromatic heterocycles. The van der Waals surface area contributed by atoms with E-state index in [1.165, 1.54) is 11.3 Å². The van der Waals surface area contributed by atoms with Crippen LogP contribution in [0.25, 0.3) is 6.08 Å². The number of benzene rings is 1. The number of hydrogen-bond acceptors (Lipinski definition) is 4. The lowest BCUT2D eigenvalue weighted by atomic mass is 10.1. The number of thiophene rings is 1. The molecule has 2 N–H and O–H groups in total. The van der Waals surface area contributed by atoms with Gasteiger partial charge in [0.15, 0.2) is 0 Å². The smallest absolute Gasteiger partial charge is 0.267 e. The van der Waals surface area contributed by atoms with Crippen LogP contribution < -0.4 is 10.6 Å². The van der Waals surface area contributed by atoms with Gasteiger partial charge < -0.3 is 15.4 Å². The Kier molecular flexibility index (Phi) is 8.23. The van der Waals surface area contributed by atoms with Crippen molar-refractivity contribution in [3.05, 3.63) is 63.5 Å². The lowest BCUT2D eigenvalue weighted by Gasteiger charge is -2.12. The fraction of sp³-hybridized carbons (Fsp3) is 0.333. The van der Waals surface area contributed by atoms with Gasteiger partial charge in [-0.2, -0.15) is 0 Å². The zero-order chi connectivity index (χ0) is 19.6. The van der Waals surface area contributed by atoms with Crippen molar-refractivity contribution < 1.29 is 14.3 Å². The molecule has 0 saturated heterocycles. The summed E-state index contributed by atoms with van der Waals surface area (Å²) in [5, 5.41) is 7.51. The van der Waals surface area contributed by atoms with E-state index in [1.54, 1.807) is 18.2 Å². The Balaban J connectivity index is 2.03. The second-order valence-corrected chi connectivity index (χ2v) is 7.41. The Labute approximate surface area is 164 Å². The summed E-state index contributed by atoms with van der Waals surface area (Å²) < 4.78 is 5.47. The van der Waals surface area contributed by atoms with Crippen LogP contribution in [0.1, 0.15) is 41.1 Å². The van der Waals surface area contributed by atoms with E-state index in [0.29, 0.717) is 25.1 Å². The molecule has 2 aromatic rings. The second kappa shape index (κ2) is 10.6. The number of aryl methyl sites for hydroxylation is 1. The number of carbonyl (C=O) groups is 2. The van der Waals surface area contributed by atoms with Crippen LogP contribution in [0, 0.1) is 6.92 Å². The van der Waals surface area contributed by atoms with Crippen LogP contribution in [0.5, 0.6) is 0 Å². The molecule has 0 saturated carbocycles. The lowest BCUT2D eigenvalue weighted by molar-refractivity contribution is -0.117. The number of hydrogen-bond donors (Lipinski definition) is 2. The van der Waals surface area contributed by atoms with Gasteiger partial charge in [-0.3, -0.25) is 9.59 Å². The van der Waals surface area contributed by atoms with Crippen LogP contribution in [-0.4, -0.2) is 31.1 Å². The first-order valence-corrected chi connectivity index (χ1v) is 9.86. The van der Waals surface area contributed by atoms with Gasteiger partial charge in [0.2, 0.25) is 0 Å². The highest BCUT2D eigenvalue weighted by molar-refractivity contribution is 7.10. The number of amides is 2. The molecule has 2 rings (SSSR count). The number of nitrogens with one attached hydrogen (secondary N) is 2. The molecule has 0 aliphatic carbocycles. The Morgan fingerprint density at radius 2 is 2.04 bits per heavy atom. The maximum atomic E-state index is 12.6. The zero-order valence-corrected chi connectivity index (χ0v) is 16.8. The molecule has 0 atom stereocenters. The second-order valence-electron chi connectivity index (χ2n) is 6.43. The van der Waals surface area contributed by atoms with Crippen LogP contribution >= 0.6 is 11.3 Å². The molecule has 0 fully saturated rings. The summed E-state index contributed by atoms with van der Waals surface area (Å²) >= 11 is 1.50. The summed E-state index contributed by atoms with van der Waals surface area (Å²) in [4.78, 5) is 26.0. The molecule has 1 heterocycles. The van der Waals surface area contributed by atoms with Crippen molar-refractivity contribution in [1.82, 2.24) is 10.6 Å². The highest BCUT2D eigenvalue weighted by atomic mass is 32.1. The topological polar surface area (TPSA) is 67.4 Å². The van der Waals surface area contributed by atoms with Gasteiger partial charge in [-0.15, -0.1) is 11.3 Å². The van der Waals surface area contributed by atoms with E-state index in [1.807, 2.05) is 50.4 Å². The van der Waals surface area contributed by atoms with E-state index >= 15 is 0 Å². The maximum absolute atomic E-state index is 12.6. The van der Waals surface area contributed by atoms with Crippen molar-refractivity contribution >= 4 is 29.2 Å². The van der Waals surface area contributed by atoms with E-state index in [-0.39, 0.29) is 23.6 Å². The Morgan fingerprint density at radius 1 is 1.22 bits per heavy atom. The van der Waals surface area contributed by atoms with E-state index in [0.717, 1.165) is 10.4 Å². The summed E-state index contributed by atoms with van der Waals surface area (Å²) in [5.74, 6) is -0.617. The molecule has 5 nitrogen and oxygen atoms in total. The minimum absolute atomic E-state index is 0.170. The molecule has 0 unspecified atom stereocenters. The van der Waals surface area contributed by atoms with Gasteiger partial charge in [0.05, 0.1) is 6.10 Å². The Morgan fingerprint density at radius 3 is 2.70 bits per heavy atom.